The van der Waals surface area contributed by atoms with Gasteiger partial charge >= 0.3 is 5.97 Å². The van der Waals surface area contributed by atoms with Crippen molar-refractivity contribution in [2.75, 3.05) is 46.3 Å². The highest BCUT2D eigenvalue weighted by atomic mass is 16.4. The highest BCUT2D eigenvalue weighted by Gasteiger charge is 2.37. The maximum Gasteiger partial charge on any atom is 0.326 e. The van der Waals surface area contributed by atoms with E-state index in [1.165, 1.54) is 18.9 Å². The Labute approximate surface area is 394 Å². The molecule has 0 unspecified atom stereocenters. The SMILES string of the molecule is CC(=O)C[C@H](NC(=O)[C@H](CCC(N)=O)NC(=O)CNC(=O)[C@@H]1C[C@@H](O)CN1)C(=O)N(C)CC(=O)N[C@@H](CC(C)C)C(=O)N[C@@H](C)C(=O)NCC(=O)N1CCC[C@H]1C(=O)N[C@@H](CCCCN)C(=O)O. The summed E-state index contributed by atoms with van der Waals surface area (Å²) in [6, 6.07) is -8.30. The highest BCUT2D eigenvalue weighted by molar-refractivity contribution is 5.98. The third-order valence-corrected chi connectivity index (χ3v) is 11.0. The normalized spacial score (nSPS) is 18.7. The number of β-amino-alcohol motifs (C(OH)–C–C–N with tert-alkyl or cyclic N) is 1. The largest absolute Gasteiger partial charge is 0.480 e. The topological polar surface area (TPSA) is 400 Å². The molecule has 0 bridgehead atoms. The number of amides is 10. The first-order valence-electron chi connectivity index (χ1n) is 22.7. The molecule has 26 heteroatoms. The van der Waals surface area contributed by atoms with E-state index in [4.69, 9.17) is 11.5 Å². The van der Waals surface area contributed by atoms with E-state index in [1.54, 1.807) is 13.8 Å². The third-order valence-electron chi connectivity index (χ3n) is 11.0. The standard InChI is InChI=1S/C42H70N12O14/c1-22(2)15-29(39(64)48-24(4)36(61)47-20-35(60)54-14-8-10-31(54)40(65)51-27(42(67)68)9-6-7-13-43)50-34(59)21-53(5)41(66)30(16-23(3)55)52-38(63)26(11-12-32(44)57)49-33(58)19-46-37(62)28-17-25(56)18-45-28/h22,24-31,45,56H,6-21,43H2,1-5H3,(H2,44,57)(H,46,62)(H,47,61)(H,48,64)(H,49,58)(H,50,59)(H,51,65)(H,52,63)(H,67,68)/t24-,25+,26-,27-,28-,29-,30-,31-/m0/s1. The lowest BCUT2D eigenvalue weighted by atomic mass is 10.0. The average Bonchev–Trinajstić information content (AvgIpc) is 3.94. The smallest absolute Gasteiger partial charge is 0.326 e. The first kappa shape index (κ1) is 57.8. The number of likely N-dealkylation sites (N-methyl/N-ethyl adjacent to an activating group) is 1. The number of aliphatic carboxylic acids is 1. The zero-order valence-corrected chi connectivity index (χ0v) is 39.4. The maximum absolute atomic E-state index is 13.6. The fourth-order valence-corrected chi connectivity index (χ4v) is 7.42. The minimum absolute atomic E-state index is 0.0853. The number of primary amides is 1. The fourth-order valence-electron chi connectivity index (χ4n) is 7.42. The van der Waals surface area contributed by atoms with E-state index in [1.807, 2.05) is 0 Å². The molecule has 0 aromatic carbocycles. The summed E-state index contributed by atoms with van der Waals surface area (Å²) in [5, 5.41) is 39.1. The Morgan fingerprint density at radius 2 is 1.44 bits per heavy atom. The van der Waals surface area contributed by atoms with E-state index in [2.05, 4.69) is 42.5 Å². The molecule has 2 fully saturated rings. The van der Waals surface area contributed by atoms with Crippen LogP contribution in [0.3, 0.4) is 0 Å². The summed E-state index contributed by atoms with van der Waals surface area (Å²) in [5.74, 6) is -9.64. The van der Waals surface area contributed by atoms with Crippen LogP contribution in [0.25, 0.3) is 0 Å². The Hall–Kier alpha value is -6.28. The van der Waals surface area contributed by atoms with E-state index in [0.717, 1.165) is 11.8 Å². The van der Waals surface area contributed by atoms with Gasteiger partial charge in [-0.2, -0.15) is 0 Å². The second-order valence-electron chi connectivity index (χ2n) is 17.5. The number of rotatable bonds is 29. The number of carboxylic acids is 1. The molecule has 0 saturated carbocycles. The number of Topliss-reactive ketones (excluding diaryl/α,β-unsaturated/α-hetero) is 1. The maximum atomic E-state index is 13.6. The average molecular weight is 967 g/mol. The number of hydrogen-bond acceptors (Lipinski definition) is 15. The Bertz CT molecular complexity index is 1850. The first-order valence-corrected chi connectivity index (χ1v) is 22.7. The van der Waals surface area contributed by atoms with Crippen LogP contribution in [-0.2, 0) is 57.5 Å². The van der Waals surface area contributed by atoms with Crippen molar-refractivity contribution in [2.45, 2.75) is 140 Å². The molecule has 14 N–H and O–H groups in total. The van der Waals surface area contributed by atoms with Crippen molar-refractivity contribution in [1.82, 2.24) is 52.3 Å². The molecule has 2 heterocycles. The lowest BCUT2D eigenvalue weighted by molar-refractivity contribution is -0.144. The molecule has 26 nitrogen and oxygen atoms in total. The Balaban J connectivity index is 2.02. The molecule has 8 atom stereocenters. The van der Waals surface area contributed by atoms with Crippen LogP contribution < -0.4 is 54.0 Å². The first-order chi connectivity index (χ1) is 31.9. The van der Waals surface area contributed by atoms with Gasteiger partial charge in [0.1, 0.15) is 42.0 Å². The molecule has 0 aromatic heterocycles. The van der Waals surface area contributed by atoms with Crippen molar-refractivity contribution in [3.05, 3.63) is 0 Å². The van der Waals surface area contributed by atoms with Gasteiger partial charge in [0.15, 0.2) is 0 Å². The van der Waals surface area contributed by atoms with E-state index in [9.17, 15) is 67.7 Å². The van der Waals surface area contributed by atoms with E-state index < -0.39 is 145 Å². The molecular weight excluding hydrogens is 897 g/mol. The van der Waals surface area contributed by atoms with Crippen LogP contribution in [0, 0.1) is 5.92 Å². The lowest BCUT2D eigenvalue weighted by Crippen LogP contribution is -2.57. The van der Waals surface area contributed by atoms with Crippen LogP contribution in [0.4, 0.5) is 0 Å². The van der Waals surface area contributed by atoms with Crippen LogP contribution in [-0.4, -0.2) is 186 Å². The van der Waals surface area contributed by atoms with Crippen molar-refractivity contribution in [1.29, 1.82) is 0 Å². The number of ketones is 1. The zero-order chi connectivity index (χ0) is 51.2. The molecule has 382 valence electrons. The molecule has 0 aromatic rings. The van der Waals surface area contributed by atoms with Gasteiger partial charge in [-0.25, -0.2) is 4.79 Å². The van der Waals surface area contributed by atoms with Gasteiger partial charge in [0.25, 0.3) is 0 Å². The highest BCUT2D eigenvalue weighted by Crippen LogP contribution is 2.18. The van der Waals surface area contributed by atoms with E-state index in [0.29, 0.717) is 25.8 Å². The summed E-state index contributed by atoms with van der Waals surface area (Å²) in [6.07, 6.45) is 0.219. The van der Waals surface area contributed by atoms with Gasteiger partial charge < -0.3 is 74.0 Å². The monoisotopic (exact) mass is 967 g/mol. The molecule has 2 saturated heterocycles. The van der Waals surface area contributed by atoms with Crippen LogP contribution in [0.15, 0.2) is 0 Å². The van der Waals surface area contributed by atoms with Gasteiger partial charge in [-0.3, -0.25) is 52.7 Å². The Kier molecular flexibility index (Phi) is 24.5. The number of hydrogen-bond donors (Lipinski definition) is 12. The summed E-state index contributed by atoms with van der Waals surface area (Å²) in [4.78, 5) is 156. The number of likely N-dealkylation sites (tertiary alicyclic amines) is 1. The minimum atomic E-state index is -1.55. The second-order valence-corrected chi connectivity index (χ2v) is 17.5. The predicted molar refractivity (Wildman–Crippen MR) is 240 cm³/mol. The van der Waals surface area contributed by atoms with Gasteiger partial charge in [0.05, 0.1) is 31.8 Å². The summed E-state index contributed by atoms with van der Waals surface area (Å²) in [5.41, 5.74) is 10.7. The molecule has 2 aliphatic heterocycles. The Morgan fingerprint density at radius 3 is 2.03 bits per heavy atom. The number of unbranched alkanes of at least 4 members (excludes halogenated alkanes) is 1. The number of carbonyl (C=O) groups excluding carboxylic acids is 11. The Morgan fingerprint density at radius 1 is 0.779 bits per heavy atom. The van der Waals surface area contributed by atoms with Gasteiger partial charge in [-0.15, -0.1) is 0 Å². The zero-order valence-electron chi connectivity index (χ0n) is 39.4. The van der Waals surface area contributed by atoms with Gasteiger partial charge in [-0.05, 0) is 77.7 Å². The van der Waals surface area contributed by atoms with Crippen molar-refractivity contribution in [3.8, 4) is 0 Å². The third kappa shape index (κ3) is 20.3. The molecule has 0 aliphatic carbocycles. The molecule has 0 radical (unpaired) electrons. The summed E-state index contributed by atoms with van der Waals surface area (Å²) in [7, 11) is 1.20. The summed E-state index contributed by atoms with van der Waals surface area (Å²) < 4.78 is 0. The number of aliphatic hydroxyl groups excluding tert-OH is 1. The molecule has 0 spiro atoms. The number of aliphatic hydroxyl groups is 1. The van der Waals surface area contributed by atoms with Crippen molar-refractivity contribution in [3.63, 3.8) is 0 Å². The van der Waals surface area contributed by atoms with Gasteiger partial charge in [0, 0.05) is 33.0 Å². The van der Waals surface area contributed by atoms with E-state index in [-0.39, 0.29) is 57.5 Å². The van der Waals surface area contributed by atoms with Crippen LogP contribution >= 0.6 is 0 Å². The quantitative estimate of drug-likeness (QED) is 0.0311. The molecule has 10 amide bonds. The van der Waals surface area contributed by atoms with E-state index >= 15 is 0 Å². The summed E-state index contributed by atoms with van der Waals surface area (Å²) >= 11 is 0. The van der Waals surface area contributed by atoms with Gasteiger partial charge in [0.2, 0.25) is 59.1 Å². The van der Waals surface area contributed by atoms with Crippen LogP contribution in [0.1, 0.15) is 91.9 Å². The lowest BCUT2D eigenvalue weighted by Gasteiger charge is -2.27. The van der Waals surface area contributed by atoms with Crippen LogP contribution in [0.5, 0.6) is 0 Å². The van der Waals surface area contributed by atoms with Gasteiger partial charge in [-0.1, -0.05) is 13.8 Å². The number of nitrogens with one attached hydrogen (secondary N) is 8. The number of carboxylic acid groups (broad SMARTS) is 1. The predicted octanol–water partition coefficient (Wildman–Crippen LogP) is -5.66. The van der Waals surface area contributed by atoms with Crippen molar-refractivity contribution < 1.29 is 67.7 Å². The number of carbonyl (C=O) groups is 12. The molecule has 2 rings (SSSR count). The van der Waals surface area contributed by atoms with Crippen molar-refractivity contribution >= 4 is 70.8 Å². The molecule has 68 heavy (non-hydrogen) atoms. The summed E-state index contributed by atoms with van der Waals surface area (Å²) in [6.45, 7) is 4.99. The van der Waals surface area contributed by atoms with Crippen LogP contribution in [0.2, 0.25) is 0 Å². The number of nitrogens with zero attached hydrogens (tertiary/aromatic N) is 2. The molecular formula is C42H70N12O14. The number of nitrogens with two attached hydrogens (primary N) is 2. The minimum Gasteiger partial charge on any atom is -0.480 e. The second kappa shape index (κ2) is 28.8. The molecule has 2 aliphatic rings. The fraction of sp³-hybridized carbons (Fsp3) is 0.714. The van der Waals surface area contributed by atoms with Crippen molar-refractivity contribution in [2.24, 2.45) is 17.4 Å².